The van der Waals surface area contributed by atoms with Gasteiger partial charge in [0, 0.05) is 0 Å². The van der Waals surface area contributed by atoms with Crippen molar-refractivity contribution in [2.45, 2.75) is 11.8 Å². The molecule has 0 unspecified atom stereocenters. The lowest BCUT2D eigenvalue weighted by Crippen LogP contribution is -2.34. The molecule has 0 aromatic heterocycles. The van der Waals surface area contributed by atoms with Crippen LogP contribution in [0.4, 0.5) is 4.79 Å². The van der Waals surface area contributed by atoms with E-state index in [0.29, 0.717) is 9.87 Å². The Morgan fingerprint density at radius 3 is 2.29 bits per heavy atom. The number of hydrogen-bond acceptors (Lipinski definition) is 4. The highest BCUT2D eigenvalue weighted by Gasteiger charge is 2.38. The van der Waals surface area contributed by atoms with Gasteiger partial charge in [-0.15, -0.1) is 0 Å². The summed E-state index contributed by atoms with van der Waals surface area (Å²) in [5.41, 5.74) is 0.529. The van der Waals surface area contributed by atoms with Crippen LogP contribution in [0.25, 0.3) is 10.8 Å². The van der Waals surface area contributed by atoms with Crippen molar-refractivity contribution in [2.75, 3.05) is 6.54 Å². The van der Waals surface area contributed by atoms with Crippen molar-refractivity contribution >= 4 is 32.7 Å². The molecule has 0 aliphatic carbocycles. The van der Waals surface area contributed by atoms with Crippen molar-refractivity contribution in [1.82, 2.24) is 9.62 Å². The molecule has 0 bridgehead atoms. The monoisotopic (exact) mass is 304 g/mol. The van der Waals surface area contributed by atoms with Crippen molar-refractivity contribution in [2.24, 2.45) is 0 Å². The number of urea groups is 1. The Balaban J connectivity index is 2.17. The van der Waals surface area contributed by atoms with Crippen LogP contribution in [0.5, 0.6) is 0 Å². The fraction of sp³-hybridized carbons (Fsp3) is 0.143. The Morgan fingerprint density at radius 2 is 1.71 bits per heavy atom. The van der Waals surface area contributed by atoms with E-state index in [4.69, 9.17) is 0 Å². The summed E-state index contributed by atoms with van der Waals surface area (Å²) >= 11 is 0. The van der Waals surface area contributed by atoms with E-state index in [1.165, 1.54) is 6.07 Å². The second kappa shape index (κ2) is 4.56. The first-order valence-electron chi connectivity index (χ1n) is 6.25. The number of aryl methyl sites for hydroxylation is 1. The summed E-state index contributed by atoms with van der Waals surface area (Å²) < 4.78 is 25.7. The third-order valence-corrected chi connectivity index (χ3v) is 5.24. The molecule has 0 radical (unpaired) electrons. The summed E-state index contributed by atoms with van der Waals surface area (Å²) in [6.07, 6.45) is 0. The van der Waals surface area contributed by atoms with Crippen LogP contribution in [0.3, 0.4) is 0 Å². The van der Waals surface area contributed by atoms with E-state index in [1.54, 1.807) is 25.1 Å². The van der Waals surface area contributed by atoms with Crippen LogP contribution in [0.15, 0.2) is 41.3 Å². The number of nitrogens with one attached hydrogen (secondary N) is 1. The molecule has 108 valence electrons. The van der Waals surface area contributed by atoms with Crippen molar-refractivity contribution in [3.63, 3.8) is 0 Å². The number of imide groups is 1. The van der Waals surface area contributed by atoms with Crippen LogP contribution in [0, 0.1) is 6.92 Å². The van der Waals surface area contributed by atoms with Crippen LogP contribution in [0.2, 0.25) is 0 Å². The van der Waals surface area contributed by atoms with Gasteiger partial charge < -0.3 is 0 Å². The normalized spacial score (nSPS) is 15.6. The molecule has 3 rings (SSSR count). The first-order valence-corrected chi connectivity index (χ1v) is 7.69. The van der Waals surface area contributed by atoms with E-state index in [2.05, 4.69) is 0 Å². The highest BCUT2D eigenvalue weighted by atomic mass is 32.2. The maximum absolute atomic E-state index is 12.6. The van der Waals surface area contributed by atoms with Gasteiger partial charge in [0.15, 0.2) is 0 Å². The van der Waals surface area contributed by atoms with E-state index >= 15 is 0 Å². The number of sulfonamides is 1. The fourth-order valence-electron chi connectivity index (χ4n) is 2.35. The molecule has 0 atom stereocenters. The Hall–Kier alpha value is -2.41. The predicted octanol–water partition coefficient (Wildman–Crippen LogP) is 1.39. The SMILES string of the molecule is Cc1cc2ccccc2cc1S(=O)(=O)N1CC(=O)NC1=O. The van der Waals surface area contributed by atoms with Crippen LogP contribution in [-0.2, 0) is 14.8 Å². The van der Waals surface area contributed by atoms with Crippen molar-refractivity contribution in [3.05, 3.63) is 42.0 Å². The number of carbonyl (C=O) groups is 2. The number of benzene rings is 2. The number of nitrogens with zero attached hydrogens (tertiary/aromatic N) is 1. The first kappa shape index (κ1) is 13.6. The van der Waals surface area contributed by atoms with Crippen LogP contribution >= 0.6 is 0 Å². The van der Waals surface area contributed by atoms with Gasteiger partial charge in [-0.05, 0) is 29.3 Å². The maximum Gasteiger partial charge on any atom is 0.338 e. The molecule has 0 saturated carbocycles. The lowest BCUT2D eigenvalue weighted by atomic mass is 10.1. The molecule has 2 aromatic carbocycles. The largest absolute Gasteiger partial charge is 0.338 e. The molecule has 0 spiro atoms. The molecule has 1 N–H and O–H groups in total. The van der Waals surface area contributed by atoms with Crippen molar-refractivity contribution in [1.29, 1.82) is 0 Å². The Bertz CT molecular complexity index is 874. The molecule has 3 amide bonds. The summed E-state index contributed by atoms with van der Waals surface area (Å²) in [6.45, 7) is 1.18. The van der Waals surface area contributed by atoms with Crippen molar-refractivity contribution < 1.29 is 18.0 Å². The molecule has 1 fully saturated rings. The van der Waals surface area contributed by atoms with Gasteiger partial charge in [0.2, 0.25) is 5.91 Å². The molecule has 1 saturated heterocycles. The van der Waals surface area contributed by atoms with Gasteiger partial charge >= 0.3 is 6.03 Å². The standard InChI is InChI=1S/C14H12N2O4S/c1-9-6-10-4-2-3-5-11(10)7-12(9)21(19,20)16-8-13(17)15-14(16)18/h2-7H,8H2,1H3,(H,15,17,18). The van der Waals surface area contributed by atoms with Gasteiger partial charge in [0.1, 0.15) is 6.54 Å². The third-order valence-electron chi connectivity index (χ3n) is 3.37. The van der Waals surface area contributed by atoms with E-state index < -0.39 is 28.5 Å². The molecule has 1 aliphatic heterocycles. The Kier molecular flexibility index (Phi) is 2.94. The van der Waals surface area contributed by atoms with Gasteiger partial charge in [-0.1, -0.05) is 30.3 Å². The molecular formula is C14H12N2O4S. The molecular weight excluding hydrogens is 292 g/mol. The number of fused-ring (bicyclic) bond motifs is 1. The predicted molar refractivity (Wildman–Crippen MR) is 76.1 cm³/mol. The topological polar surface area (TPSA) is 83.6 Å². The maximum atomic E-state index is 12.6. The average Bonchev–Trinajstić information content (AvgIpc) is 2.77. The molecule has 1 heterocycles. The van der Waals surface area contributed by atoms with Crippen LogP contribution in [0.1, 0.15) is 5.56 Å². The summed E-state index contributed by atoms with van der Waals surface area (Å²) in [5.74, 6) is -0.623. The van der Waals surface area contributed by atoms with Gasteiger partial charge in [0.05, 0.1) is 4.90 Å². The molecule has 21 heavy (non-hydrogen) atoms. The lowest BCUT2D eigenvalue weighted by Gasteiger charge is -2.16. The molecule has 1 aliphatic rings. The van der Waals surface area contributed by atoms with E-state index in [1.807, 2.05) is 17.4 Å². The zero-order valence-electron chi connectivity index (χ0n) is 11.2. The summed E-state index contributed by atoms with van der Waals surface area (Å²) in [6, 6.07) is 9.71. The van der Waals surface area contributed by atoms with Crippen molar-refractivity contribution in [3.8, 4) is 0 Å². The second-order valence-electron chi connectivity index (χ2n) is 4.83. The minimum atomic E-state index is -4.04. The van der Waals surface area contributed by atoms with Gasteiger partial charge in [-0.25, -0.2) is 17.5 Å². The second-order valence-corrected chi connectivity index (χ2v) is 6.66. The number of amides is 3. The molecule has 7 heteroatoms. The lowest BCUT2D eigenvalue weighted by molar-refractivity contribution is -0.118. The zero-order valence-corrected chi connectivity index (χ0v) is 12.0. The van der Waals surface area contributed by atoms with Crippen LogP contribution < -0.4 is 5.32 Å². The van der Waals surface area contributed by atoms with E-state index in [9.17, 15) is 18.0 Å². The summed E-state index contributed by atoms with van der Waals surface area (Å²) in [7, 11) is -4.04. The highest BCUT2D eigenvalue weighted by molar-refractivity contribution is 7.89. The summed E-state index contributed by atoms with van der Waals surface area (Å²) in [4.78, 5) is 22.8. The third kappa shape index (κ3) is 2.15. The Labute approximate surface area is 121 Å². The number of carbonyl (C=O) groups excluding carboxylic acids is 2. The van der Waals surface area contributed by atoms with E-state index in [0.717, 1.165) is 10.8 Å². The highest BCUT2D eigenvalue weighted by Crippen LogP contribution is 2.26. The molecule has 2 aromatic rings. The smallest absolute Gasteiger partial charge is 0.275 e. The first-order chi connectivity index (χ1) is 9.89. The van der Waals surface area contributed by atoms with Crippen LogP contribution in [-0.4, -0.2) is 31.2 Å². The fourth-order valence-corrected chi connectivity index (χ4v) is 3.88. The molecule has 6 nitrogen and oxygen atoms in total. The Morgan fingerprint density at radius 1 is 1.10 bits per heavy atom. The zero-order chi connectivity index (χ0) is 15.2. The quantitative estimate of drug-likeness (QED) is 0.850. The minimum absolute atomic E-state index is 0.0334. The van der Waals surface area contributed by atoms with Gasteiger partial charge in [-0.2, -0.15) is 0 Å². The number of rotatable bonds is 2. The summed E-state index contributed by atoms with van der Waals surface area (Å²) in [5, 5.41) is 3.64. The average molecular weight is 304 g/mol. The number of hydrogen-bond donors (Lipinski definition) is 1. The minimum Gasteiger partial charge on any atom is -0.275 e. The van der Waals surface area contributed by atoms with E-state index in [-0.39, 0.29) is 4.90 Å². The van der Waals surface area contributed by atoms with Gasteiger partial charge in [0.25, 0.3) is 10.0 Å². The van der Waals surface area contributed by atoms with Gasteiger partial charge in [-0.3, -0.25) is 10.1 Å².